The number of nitrogens with two attached hydrogens (primary N) is 1. The minimum atomic E-state index is -0.551. The van der Waals surface area contributed by atoms with Crippen molar-refractivity contribution in [2.45, 2.75) is 64.8 Å². The highest BCUT2D eigenvalue weighted by Crippen LogP contribution is 2.36. The summed E-state index contributed by atoms with van der Waals surface area (Å²) in [7, 11) is 0. The average molecular weight is 252 g/mol. The van der Waals surface area contributed by atoms with Gasteiger partial charge in [-0.25, -0.2) is 0 Å². The van der Waals surface area contributed by atoms with Gasteiger partial charge in [-0.05, 0) is 30.6 Å². The summed E-state index contributed by atoms with van der Waals surface area (Å²) in [5.74, 6) is 0.836. The van der Waals surface area contributed by atoms with Gasteiger partial charge in [-0.15, -0.1) is 0 Å². The topological polar surface area (TPSA) is 46.3 Å². The normalized spacial score (nSPS) is 28.4. The van der Waals surface area contributed by atoms with E-state index >= 15 is 0 Å². The fourth-order valence-electron chi connectivity index (χ4n) is 3.36. The first kappa shape index (κ1) is 13.9. The zero-order valence-corrected chi connectivity index (χ0v) is 12.2. The predicted octanol–water partition coefficient (Wildman–Crippen LogP) is 2.54. The Balaban J connectivity index is 1.99. The van der Waals surface area contributed by atoms with E-state index in [2.05, 4.69) is 20.8 Å². The molecule has 1 atom stereocenters. The maximum absolute atomic E-state index is 12.6. The summed E-state index contributed by atoms with van der Waals surface area (Å²) in [5, 5.41) is 0. The Labute approximate surface area is 111 Å². The molecule has 0 aromatic carbocycles. The molecule has 1 unspecified atom stereocenters. The van der Waals surface area contributed by atoms with Gasteiger partial charge >= 0.3 is 0 Å². The van der Waals surface area contributed by atoms with Gasteiger partial charge in [0.1, 0.15) is 0 Å². The molecule has 104 valence electrons. The Kier molecular flexibility index (Phi) is 3.72. The van der Waals surface area contributed by atoms with E-state index in [0.717, 1.165) is 45.2 Å². The van der Waals surface area contributed by atoms with E-state index in [1.165, 1.54) is 6.42 Å². The third-order valence-corrected chi connectivity index (χ3v) is 4.87. The first-order chi connectivity index (χ1) is 8.33. The van der Waals surface area contributed by atoms with Crippen LogP contribution in [-0.4, -0.2) is 29.4 Å². The van der Waals surface area contributed by atoms with Crippen LogP contribution >= 0.6 is 0 Å². The molecular weight excluding hydrogens is 224 g/mol. The lowest BCUT2D eigenvalue weighted by Crippen LogP contribution is -2.55. The van der Waals surface area contributed by atoms with Crippen LogP contribution in [-0.2, 0) is 4.79 Å². The summed E-state index contributed by atoms with van der Waals surface area (Å²) < 4.78 is 0. The summed E-state index contributed by atoms with van der Waals surface area (Å²) in [6.07, 6.45) is 6.34. The van der Waals surface area contributed by atoms with Gasteiger partial charge < -0.3 is 10.6 Å². The highest BCUT2D eigenvalue weighted by molar-refractivity contribution is 5.86. The molecule has 3 heteroatoms. The largest absolute Gasteiger partial charge is 0.341 e. The van der Waals surface area contributed by atoms with E-state index in [1.807, 2.05) is 4.90 Å². The molecule has 1 saturated carbocycles. The van der Waals surface area contributed by atoms with Gasteiger partial charge in [0.05, 0.1) is 5.54 Å². The quantitative estimate of drug-likeness (QED) is 0.779. The molecule has 0 bridgehead atoms. The van der Waals surface area contributed by atoms with Crippen LogP contribution in [0.2, 0.25) is 0 Å². The van der Waals surface area contributed by atoms with Gasteiger partial charge in [0.25, 0.3) is 0 Å². The Morgan fingerprint density at radius 3 is 2.33 bits per heavy atom. The standard InChI is InChI=1S/C15H28N2O/c1-14(2,3)12-7-10-17(11-12)13(18)15(16)8-5-4-6-9-15/h12H,4-11,16H2,1-3H3. The smallest absolute Gasteiger partial charge is 0.242 e. The summed E-state index contributed by atoms with van der Waals surface area (Å²) in [5.41, 5.74) is 6.09. The number of carbonyl (C=O) groups excluding carboxylic acids is 1. The third kappa shape index (κ3) is 2.71. The van der Waals surface area contributed by atoms with Crippen LogP contribution in [0.25, 0.3) is 0 Å². The zero-order chi connectivity index (χ0) is 13.4. The molecule has 0 aromatic rings. The lowest BCUT2D eigenvalue weighted by molar-refractivity contribution is -0.137. The van der Waals surface area contributed by atoms with Crippen molar-refractivity contribution in [2.24, 2.45) is 17.1 Å². The van der Waals surface area contributed by atoms with Gasteiger partial charge in [0.15, 0.2) is 0 Å². The molecule has 1 aliphatic carbocycles. The summed E-state index contributed by atoms with van der Waals surface area (Å²) in [6, 6.07) is 0. The number of rotatable bonds is 1. The van der Waals surface area contributed by atoms with Crippen LogP contribution in [0.3, 0.4) is 0 Å². The van der Waals surface area contributed by atoms with Crippen molar-refractivity contribution in [2.75, 3.05) is 13.1 Å². The van der Waals surface area contributed by atoms with Crippen molar-refractivity contribution in [1.29, 1.82) is 0 Å². The van der Waals surface area contributed by atoms with Crippen molar-refractivity contribution in [3.8, 4) is 0 Å². The fourth-order valence-corrected chi connectivity index (χ4v) is 3.36. The second-order valence-electron chi connectivity index (χ2n) is 7.32. The molecule has 1 saturated heterocycles. The summed E-state index contributed by atoms with van der Waals surface area (Å²) in [6.45, 7) is 8.61. The lowest BCUT2D eigenvalue weighted by atomic mass is 9.80. The number of likely N-dealkylation sites (tertiary alicyclic amines) is 1. The van der Waals surface area contributed by atoms with Crippen LogP contribution in [0.1, 0.15) is 59.3 Å². The van der Waals surface area contributed by atoms with Gasteiger partial charge in [0.2, 0.25) is 5.91 Å². The molecule has 2 rings (SSSR count). The molecule has 1 aliphatic heterocycles. The van der Waals surface area contributed by atoms with Crippen molar-refractivity contribution in [3.63, 3.8) is 0 Å². The number of carbonyl (C=O) groups is 1. The van der Waals surface area contributed by atoms with Gasteiger partial charge in [0, 0.05) is 13.1 Å². The van der Waals surface area contributed by atoms with Gasteiger partial charge in [-0.3, -0.25) is 4.79 Å². The summed E-state index contributed by atoms with van der Waals surface area (Å²) >= 11 is 0. The number of amides is 1. The van der Waals surface area contributed by atoms with Crippen molar-refractivity contribution >= 4 is 5.91 Å². The van der Waals surface area contributed by atoms with Crippen molar-refractivity contribution in [3.05, 3.63) is 0 Å². The van der Waals surface area contributed by atoms with Gasteiger partial charge in [-0.2, -0.15) is 0 Å². The van der Waals surface area contributed by atoms with E-state index in [-0.39, 0.29) is 5.91 Å². The minimum absolute atomic E-state index is 0.217. The predicted molar refractivity (Wildman–Crippen MR) is 74.1 cm³/mol. The minimum Gasteiger partial charge on any atom is -0.341 e. The van der Waals surface area contributed by atoms with Crippen molar-refractivity contribution in [1.82, 2.24) is 4.90 Å². The second kappa shape index (κ2) is 4.84. The van der Waals surface area contributed by atoms with Crippen LogP contribution < -0.4 is 5.73 Å². The maximum Gasteiger partial charge on any atom is 0.242 e. The first-order valence-electron chi connectivity index (χ1n) is 7.41. The molecule has 0 aromatic heterocycles. The summed E-state index contributed by atoms with van der Waals surface area (Å²) in [4.78, 5) is 14.6. The molecule has 2 fully saturated rings. The van der Waals surface area contributed by atoms with Gasteiger partial charge in [-0.1, -0.05) is 40.0 Å². The SMILES string of the molecule is CC(C)(C)C1CCN(C(=O)C2(N)CCCCC2)C1. The van der Waals surface area contributed by atoms with E-state index in [1.54, 1.807) is 0 Å². The van der Waals surface area contributed by atoms with E-state index in [0.29, 0.717) is 11.3 Å². The van der Waals surface area contributed by atoms with Crippen LogP contribution in [0.4, 0.5) is 0 Å². The number of hydrogen-bond donors (Lipinski definition) is 1. The van der Waals surface area contributed by atoms with E-state index in [9.17, 15) is 4.79 Å². The molecular formula is C15H28N2O. The van der Waals surface area contributed by atoms with E-state index in [4.69, 9.17) is 5.73 Å². The first-order valence-corrected chi connectivity index (χ1v) is 7.41. The molecule has 3 nitrogen and oxygen atoms in total. The van der Waals surface area contributed by atoms with E-state index < -0.39 is 5.54 Å². The molecule has 1 amide bonds. The zero-order valence-electron chi connectivity index (χ0n) is 12.2. The highest BCUT2D eigenvalue weighted by Gasteiger charge is 2.42. The Morgan fingerprint density at radius 1 is 1.22 bits per heavy atom. The molecule has 18 heavy (non-hydrogen) atoms. The highest BCUT2D eigenvalue weighted by atomic mass is 16.2. The Bertz CT molecular complexity index is 313. The lowest BCUT2D eigenvalue weighted by Gasteiger charge is -2.36. The molecule has 2 aliphatic rings. The second-order valence-corrected chi connectivity index (χ2v) is 7.32. The molecule has 0 spiro atoms. The monoisotopic (exact) mass is 252 g/mol. The third-order valence-electron chi connectivity index (χ3n) is 4.87. The Morgan fingerprint density at radius 2 is 1.83 bits per heavy atom. The molecule has 1 heterocycles. The average Bonchev–Trinajstić information content (AvgIpc) is 2.77. The number of hydrogen-bond acceptors (Lipinski definition) is 2. The molecule has 0 radical (unpaired) electrons. The van der Waals surface area contributed by atoms with Crippen LogP contribution in [0.5, 0.6) is 0 Å². The van der Waals surface area contributed by atoms with Crippen LogP contribution in [0.15, 0.2) is 0 Å². The fraction of sp³-hybridized carbons (Fsp3) is 0.933. The van der Waals surface area contributed by atoms with Crippen LogP contribution in [0, 0.1) is 11.3 Å². The van der Waals surface area contributed by atoms with Crippen molar-refractivity contribution < 1.29 is 4.79 Å². The Hall–Kier alpha value is -0.570. The number of nitrogens with zero attached hydrogens (tertiary/aromatic N) is 1. The molecule has 2 N–H and O–H groups in total. The maximum atomic E-state index is 12.6.